The van der Waals surface area contributed by atoms with Crippen LogP contribution in [0, 0.1) is 13.8 Å². The Hall–Kier alpha value is -4.51. The number of halogens is 1. The molecule has 0 bridgehead atoms. The number of fused-ring (bicyclic) bond motifs is 1. The van der Waals surface area contributed by atoms with E-state index in [1.54, 1.807) is 0 Å². The van der Waals surface area contributed by atoms with Crippen LogP contribution in [0.25, 0.3) is 33.3 Å². The highest BCUT2D eigenvalue weighted by Crippen LogP contribution is 2.28. The molecule has 0 saturated carbocycles. The number of nitrogens with one attached hydrogen (secondary N) is 1. The molecule has 39 heavy (non-hydrogen) atoms. The van der Waals surface area contributed by atoms with Gasteiger partial charge < -0.3 is 17.7 Å². The molecule has 0 aliphatic carbocycles. The minimum atomic E-state index is 0. The number of quaternary nitrogens is 1. The van der Waals surface area contributed by atoms with Crippen molar-refractivity contribution in [2.45, 2.75) is 13.8 Å². The second-order valence-corrected chi connectivity index (χ2v) is 9.54. The second kappa shape index (κ2) is 11.5. The molecule has 0 radical (unpaired) electrons. The van der Waals surface area contributed by atoms with Crippen molar-refractivity contribution in [2.24, 2.45) is 0 Å². The maximum absolute atomic E-state index is 4.96. The standard InChI is InChI=1S/C34H28N4.ClH/c1-23-9-3-5-11-29(23)25-15-19-27(20-16-25)35-33-34(38-32-14-8-7-13-31(32)37-33)36-28-21-17-26(18-22-28)30-12-6-4-10-24(30)2;/h3-22H,1-2H3,(H,35,37)(H,36,38);1H. The molecule has 0 aliphatic rings. The topological polar surface area (TPSA) is 54.4 Å². The molecule has 0 atom stereocenters. The van der Waals surface area contributed by atoms with Gasteiger partial charge in [-0.05, 0) is 83.6 Å². The number of aryl methyl sites for hydroxylation is 2. The number of hydrogen-bond donors (Lipinski definition) is 2. The number of rotatable bonds is 6. The fourth-order valence-corrected chi connectivity index (χ4v) is 4.79. The van der Waals surface area contributed by atoms with E-state index < -0.39 is 0 Å². The number of nitrogens with two attached hydrogens (primary N) is 1. The predicted octanol–water partition coefficient (Wildman–Crippen LogP) is 4.85. The number of benzene rings is 5. The number of nitrogens with zero attached hydrogens (tertiary/aromatic N) is 2. The monoisotopic (exact) mass is 528 g/mol. The van der Waals surface area contributed by atoms with Gasteiger partial charge in [-0.25, -0.2) is 4.98 Å². The summed E-state index contributed by atoms with van der Waals surface area (Å²) in [5.41, 5.74) is 11.2. The van der Waals surface area contributed by atoms with Gasteiger partial charge in [-0.15, -0.1) is 0 Å². The summed E-state index contributed by atoms with van der Waals surface area (Å²) in [6.07, 6.45) is 0. The van der Waals surface area contributed by atoms with E-state index in [1.165, 1.54) is 33.4 Å². The minimum Gasteiger partial charge on any atom is -1.00 e. The average Bonchev–Trinajstić information content (AvgIpc) is 2.95. The largest absolute Gasteiger partial charge is 1.00 e. The van der Waals surface area contributed by atoms with E-state index in [2.05, 4.69) is 122 Å². The number of anilines is 2. The van der Waals surface area contributed by atoms with Gasteiger partial charge in [0.2, 0.25) is 5.82 Å². The van der Waals surface area contributed by atoms with E-state index in [-0.39, 0.29) is 12.4 Å². The fraction of sp³-hybridized carbons (Fsp3) is 0.0588. The molecule has 5 aromatic carbocycles. The van der Waals surface area contributed by atoms with Gasteiger partial charge in [0, 0.05) is 17.8 Å². The summed E-state index contributed by atoms with van der Waals surface area (Å²) in [5.74, 6) is 1.53. The van der Waals surface area contributed by atoms with Gasteiger partial charge in [-0.1, -0.05) is 72.8 Å². The molecular formula is C34H29ClN4. The molecule has 1 aromatic heterocycles. The average molecular weight is 529 g/mol. The van der Waals surface area contributed by atoms with Crippen molar-refractivity contribution in [1.82, 2.24) is 9.97 Å². The van der Waals surface area contributed by atoms with Crippen LogP contribution < -0.4 is 23.0 Å². The van der Waals surface area contributed by atoms with Gasteiger partial charge in [0.1, 0.15) is 5.69 Å². The molecule has 6 rings (SSSR count). The van der Waals surface area contributed by atoms with E-state index in [4.69, 9.17) is 9.97 Å². The molecule has 1 heterocycles. The lowest BCUT2D eigenvalue weighted by molar-refractivity contribution is -0.482. The Kier molecular flexibility index (Phi) is 7.69. The van der Waals surface area contributed by atoms with Gasteiger partial charge in [0.05, 0.1) is 11.0 Å². The molecule has 3 N–H and O–H groups in total. The Morgan fingerprint density at radius 2 is 1.03 bits per heavy atom. The van der Waals surface area contributed by atoms with Crippen LogP contribution in [0.3, 0.4) is 0 Å². The van der Waals surface area contributed by atoms with Crippen molar-refractivity contribution >= 4 is 34.0 Å². The van der Waals surface area contributed by atoms with Crippen LogP contribution in [0.15, 0.2) is 121 Å². The molecule has 0 spiro atoms. The lowest BCUT2D eigenvalue weighted by Crippen LogP contribution is -3.00. The third-order valence-corrected chi connectivity index (χ3v) is 6.87. The first-order chi connectivity index (χ1) is 18.6. The SMILES string of the molecule is Cc1ccccc1-c1ccc(Nc2nc3ccccc3nc2[NH2+]c2ccc(-c3ccccc3C)cc2)cc1.[Cl-]. The predicted molar refractivity (Wildman–Crippen MR) is 157 cm³/mol. The molecule has 192 valence electrons. The Bertz CT molecular complexity index is 1600. The molecule has 0 amide bonds. The summed E-state index contributed by atoms with van der Waals surface area (Å²) in [5, 5.41) is 5.61. The van der Waals surface area contributed by atoms with E-state index in [9.17, 15) is 0 Å². The summed E-state index contributed by atoms with van der Waals surface area (Å²) in [7, 11) is 0. The number of aromatic nitrogens is 2. The minimum absolute atomic E-state index is 0. The second-order valence-electron chi connectivity index (χ2n) is 9.54. The Morgan fingerprint density at radius 1 is 0.538 bits per heavy atom. The molecule has 6 aromatic rings. The van der Waals surface area contributed by atoms with E-state index in [1.807, 2.05) is 24.3 Å². The highest BCUT2D eigenvalue weighted by atomic mass is 35.5. The maximum atomic E-state index is 4.96. The first-order valence-corrected chi connectivity index (χ1v) is 12.8. The van der Waals surface area contributed by atoms with Crippen molar-refractivity contribution in [2.75, 3.05) is 5.32 Å². The third-order valence-electron chi connectivity index (χ3n) is 6.87. The van der Waals surface area contributed by atoms with Gasteiger partial charge in [-0.2, -0.15) is 4.98 Å². The number of hydrogen-bond acceptors (Lipinski definition) is 3. The first kappa shape index (κ1) is 26.1. The van der Waals surface area contributed by atoms with Crippen LogP contribution in [-0.4, -0.2) is 9.97 Å². The highest BCUT2D eigenvalue weighted by Gasteiger charge is 2.15. The zero-order chi connectivity index (χ0) is 25.9. The van der Waals surface area contributed by atoms with Crippen molar-refractivity contribution < 1.29 is 17.7 Å². The van der Waals surface area contributed by atoms with Crippen LogP contribution in [0.1, 0.15) is 11.1 Å². The fourth-order valence-electron chi connectivity index (χ4n) is 4.79. The van der Waals surface area contributed by atoms with Gasteiger partial charge in [0.25, 0.3) is 5.82 Å². The first-order valence-electron chi connectivity index (χ1n) is 12.8. The summed E-state index contributed by atoms with van der Waals surface area (Å²) >= 11 is 0. The van der Waals surface area contributed by atoms with Crippen molar-refractivity contribution in [3.8, 4) is 22.3 Å². The van der Waals surface area contributed by atoms with E-state index in [0.717, 1.165) is 34.0 Å². The summed E-state index contributed by atoms with van der Waals surface area (Å²) in [6.45, 7) is 4.29. The van der Waals surface area contributed by atoms with E-state index in [0.29, 0.717) is 0 Å². The molecule has 0 saturated heterocycles. The Labute approximate surface area is 235 Å². The zero-order valence-corrected chi connectivity index (χ0v) is 22.7. The summed E-state index contributed by atoms with van der Waals surface area (Å²) in [4.78, 5) is 9.89. The van der Waals surface area contributed by atoms with Crippen molar-refractivity contribution in [3.63, 3.8) is 0 Å². The van der Waals surface area contributed by atoms with Crippen LogP contribution in [0.2, 0.25) is 0 Å². The lowest BCUT2D eigenvalue weighted by atomic mass is 10.0. The van der Waals surface area contributed by atoms with Crippen LogP contribution in [0.4, 0.5) is 23.0 Å². The highest BCUT2D eigenvalue weighted by molar-refractivity contribution is 5.80. The molecule has 5 heteroatoms. The molecular weight excluding hydrogens is 500 g/mol. The summed E-state index contributed by atoms with van der Waals surface area (Å²) in [6, 6.07) is 42.0. The lowest BCUT2D eigenvalue weighted by Gasteiger charge is -2.12. The Morgan fingerprint density at radius 3 is 1.59 bits per heavy atom. The zero-order valence-electron chi connectivity index (χ0n) is 21.9. The Balaban J connectivity index is 0.00000308. The van der Waals surface area contributed by atoms with Crippen LogP contribution in [-0.2, 0) is 0 Å². The van der Waals surface area contributed by atoms with Crippen molar-refractivity contribution in [3.05, 3.63) is 132 Å². The molecule has 0 fully saturated rings. The van der Waals surface area contributed by atoms with Gasteiger partial charge in [-0.3, -0.25) is 5.32 Å². The molecule has 4 nitrogen and oxygen atoms in total. The maximum Gasteiger partial charge on any atom is 0.273 e. The quantitative estimate of drug-likeness (QED) is 0.304. The smallest absolute Gasteiger partial charge is 0.273 e. The van der Waals surface area contributed by atoms with E-state index >= 15 is 0 Å². The van der Waals surface area contributed by atoms with Crippen LogP contribution >= 0.6 is 0 Å². The van der Waals surface area contributed by atoms with Gasteiger partial charge >= 0.3 is 0 Å². The molecule has 0 unspecified atom stereocenters. The summed E-state index contributed by atoms with van der Waals surface area (Å²) < 4.78 is 0. The molecule has 0 aliphatic heterocycles. The van der Waals surface area contributed by atoms with Crippen LogP contribution in [0.5, 0.6) is 0 Å². The van der Waals surface area contributed by atoms with Gasteiger partial charge in [0.15, 0.2) is 0 Å². The van der Waals surface area contributed by atoms with Crippen molar-refractivity contribution in [1.29, 1.82) is 0 Å². The number of para-hydroxylation sites is 2. The third kappa shape index (κ3) is 5.68. The normalized spacial score (nSPS) is 10.7.